The summed E-state index contributed by atoms with van der Waals surface area (Å²) < 4.78 is 5.43. The van der Waals surface area contributed by atoms with Crippen LogP contribution in [0.15, 0.2) is 53.5 Å². The van der Waals surface area contributed by atoms with Gasteiger partial charge in [-0.15, -0.1) is 0 Å². The lowest BCUT2D eigenvalue weighted by Crippen LogP contribution is -2.49. The number of furan rings is 1. The summed E-state index contributed by atoms with van der Waals surface area (Å²) in [4.78, 5) is 25.0. The largest absolute Gasteiger partial charge is 0.464 e. The molecule has 4 heterocycles. The van der Waals surface area contributed by atoms with E-state index in [0.29, 0.717) is 18.7 Å². The Hall–Kier alpha value is -2.89. The summed E-state index contributed by atoms with van der Waals surface area (Å²) in [6.07, 6.45) is 6.73. The Kier molecular flexibility index (Phi) is 3.42. The molecule has 0 bridgehead atoms. The van der Waals surface area contributed by atoms with E-state index >= 15 is 0 Å². The Balaban J connectivity index is 1.49. The number of rotatable bonds is 2. The fourth-order valence-electron chi connectivity index (χ4n) is 2.93. The quantitative estimate of drug-likeness (QED) is 0.726. The first-order valence-corrected chi connectivity index (χ1v) is 7.59. The average Bonchev–Trinajstić information content (AvgIpc) is 3.11. The summed E-state index contributed by atoms with van der Waals surface area (Å²) >= 11 is 0. The molecule has 6 nitrogen and oxygen atoms in total. The molecule has 0 radical (unpaired) electrons. The van der Waals surface area contributed by atoms with Crippen LogP contribution < -0.4 is 4.90 Å². The van der Waals surface area contributed by atoms with E-state index in [1.54, 1.807) is 37.0 Å². The minimum Gasteiger partial charge on any atom is -0.464 e. The van der Waals surface area contributed by atoms with Gasteiger partial charge in [-0.3, -0.25) is 9.78 Å². The van der Waals surface area contributed by atoms with E-state index < -0.39 is 0 Å². The van der Waals surface area contributed by atoms with Gasteiger partial charge in [0.2, 0.25) is 0 Å². The number of nitrogens with zero attached hydrogens (tertiary/aromatic N) is 4. The molecule has 1 aliphatic rings. The normalized spacial score (nSPS) is 15.1. The third kappa shape index (κ3) is 2.52. The average molecular weight is 308 g/mol. The highest BCUT2D eigenvalue weighted by molar-refractivity contribution is 5.94. The van der Waals surface area contributed by atoms with Crippen LogP contribution in [-0.4, -0.2) is 47.0 Å². The first-order chi connectivity index (χ1) is 11.3. The highest BCUT2D eigenvalue weighted by Crippen LogP contribution is 2.26. The zero-order valence-electron chi connectivity index (χ0n) is 12.6. The van der Waals surface area contributed by atoms with Gasteiger partial charge in [0.05, 0.1) is 11.6 Å². The van der Waals surface area contributed by atoms with E-state index in [2.05, 4.69) is 14.9 Å². The van der Waals surface area contributed by atoms with Gasteiger partial charge in [0.25, 0.3) is 5.91 Å². The van der Waals surface area contributed by atoms with E-state index in [9.17, 15) is 4.79 Å². The van der Waals surface area contributed by atoms with Crippen molar-refractivity contribution in [3.8, 4) is 0 Å². The van der Waals surface area contributed by atoms with Crippen molar-refractivity contribution in [3.05, 3.63) is 54.7 Å². The lowest BCUT2D eigenvalue weighted by molar-refractivity contribution is 0.0746. The second-order valence-electron chi connectivity index (χ2n) is 5.48. The number of piperazine rings is 1. The second kappa shape index (κ2) is 5.72. The predicted molar refractivity (Wildman–Crippen MR) is 86.4 cm³/mol. The van der Waals surface area contributed by atoms with Crippen molar-refractivity contribution in [2.75, 3.05) is 31.1 Å². The van der Waals surface area contributed by atoms with E-state index in [1.807, 2.05) is 17.0 Å². The Labute approximate surface area is 133 Å². The van der Waals surface area contributed by atoms with Gasteiger partial charge in [0, 0.05) is 50.3 Å². The maximum absolute atomic E-state index is 12.5. The number of amides is 1. The molecule has 1 amide bonds. The molecule has 0 atom stereocenters. The molecule has 4 rings (SSSR count). The van der Waals surface area contributed by atoms with E-state index in [0.717, 1.165) is 29.9 Å². The predicted octanol–water partition coefficient (Wildman–Crippen LogP) is 2.19. The summed E-state index contributed by atoms with van der Waals surface area (Å²) in [5.74, 6) is 0.980. The first-order valence-electron chi connectivity index (χ1n) is 7.59. The zero-order valence-corrected chi connectivity index (χ0v) is 12.6. The number of anilines is 1. The third-order valence-corrected chi connectivity index (χ3v) is 4.15. The lowest BCUT2D eigenvalue weighted by Gasteiger charge is -2.35. The lowest BCUT2D eigenvalue weighted by atomic mass is 10.2. The van der Waals surface area contributed by atoms with Gasteiger partial charge in [-0.25, -0.2) is 4.98 Å². The van der Waals surface area contributed by atoms with Gasteiger partial charge in [0.15, 0.2) is 0 Å². The SMILES string of the molecule is O=C(c1ccncc1)N1CCN(c2nccc3occc23)CC1. The van der Waals surface area contributed by atoms with Gasteiger partial charge in [-0.2, -0.15) is 0 Å². The second-order valence-corrected chi connectivity index (χ2v) is 5.48. The monoisotopic (exact) mass is 308 g/mol. The summed E-state index contributed by atoms with van der Waals surface area (Å²) in [6, 6.07) is 7.30. The van der Waals surface area contributed by atoms with Crippen LogP contribution in [0.2, 0.25) is 0 Å². The van der Waals surface area contributed by atoms with Crippen molar-refractivity contribution >= 4 is 22.7 Å². The highest BCUT2D eigenvalue weighted by Gasteiger charge is 2.24. The highest BCUT2D eigenvalue weighted by atomic mass is 16.3. The molecule has 23 heavy (non-hydrogen) atoms. The molecule has 3 aromatic rings. The number of carbonyl (C=O) groups excluding carboxylic acids is 1. The van der Waals surface area contributed by atoms with Crippen LogP contribution in [0.25, 0.3) is 11.0 Å². The molecule has 1 saturated heterocycles. The number of aromatic nitrogens is 2. The Bertz CT molecular complexity index is 823. The molecular formula is C17H16N4O2. The fourth-order valence-corrected chi connectivity index (χ4v) is 2.93. The number of carbonyl (C=O) groups is 1. The summed E-state index contributed by atoms with van der Waals surface area (Å²) in [6.45, 7) is 2.87. The summed E-state index contributed by atoms with van der Waals surface area (Å²) in [5, 5.41) is 1.02. The number of hydrogen-bond acceptors (Lipinski definition) is 5. The number of fused-ring (bicyclic) bond motifs is 1. The fraction of sp³-hybridized carbons (Fsp3) is 0.235. The maximum atomic E-state index is 12.5. The topological polar surface area (TPSA) is 62.5 Å². The summed E-state index contributed by atoms with van der Waals surface area (Å²) in [7, 11) is 0. The van der Waals surface area contributed by atoms with Crippen LogP contribution >= 0.6 is 0 Å². The van der Waals surface area contributed by atoms with Crippen molar-refractivity contribution < 1.29 is 9.21 Å². The number of hydrogen-bond donors (Lipinski definition) is 0. The Morgan fingerprint density at radius 3 is 2.57 bits per heavy atom. The summed E-state index contributed by atoms with van der Waals surface area (Å²) in [5.41, 5.74) is 1.52. The van der Waals surface area contributed by atoms with Gasteiger partial charge in [0.1, 0.15) is 11.4 Å². The molecule has 0 aromatic carbocycles. The van der Waals surface area contributed by atoms with Crippen molar-refractivity contribution in [1.82, 2.24) is 14.9 Å². The van der Waals surface area contributed by atoms with Crippen LogP contribution in [0.5, 0.6) is 0 Å². The van der Waals surface area contributed by atoms with Crippen LogP contribution in [0.3, 0.4) is 0 Å². The van der Waals surface area contributed by atoms with E-state index in [1.165, 1.54) is 0 Å². The molecule has 1 fully saturated rings. The van der Waals surface area contributed by atoms with E-state index in [-0.39, 0.29) is 5.91 Å². The molecule has 0 saturated carbocycles. The van der Waals surface area contributed by atoms with Crippen LogP contribution in [0.4, 0.5) is 5.82 Å². The maximum Gasteiger partial charge on any atom is 0.254 e. The van der Waals surface area contributed by atoms with Gasteiger partial charge in [-0.1, -0.05) is 0 Å². The molecule has 0 unspecified atom stereocenters. The molecule has 1 aliphatic heterocycles. The molecule has 0 N–H and O–H groups in total. The van der Waals surface area contributed by atoms with E-state index in [4.69, 9.17) is 4.42 Å². The van der Waals surface area contributed by atoms with Crippen molar-refractivity contribution in [2.24, 2.45) is 0 Å². The van der Waals surface area contributed by atoms with Gasteiger partial charge in [-0.05, 0) is 24.3 Å². The Morgan fingerprint density at radius 2 is 1.78 bits per heavy atom. The van der Waals surface area contributed by atoms with Crippen molar-refractivity contribution in [3.63, 3.8) is 0 Å². The third-order valence-electron chi connectivity index (χ3n) is 4.15. The Morgan fingerprint density at radius 1 is 1.00 bits per heavy atom. The van der Waals surface area contributed by atoms with Crippen LogP contribution in [0.1, 0.15) is 10.4 Å². The van der Waals surface area contributed by atoms with Gasteiger partial charge >= 0.3 is 0 Å². The molecule has 3 aromatic heterocycles. The minimum atomic E-state index is 0.0570. The van der Waals surface area contributed by atoms with Crippen LogP contribution in [0, 0.1) is 0 Å². The molecule has 0 spiro atoms. The van der Waals surface area contributed by atoms with Crippen molar-refractivity contribution in [1.29, 1.82) is 0 Å². The molecular weight excluding hydrogens is 292 g/mol. The smallest absolute Gasteiger partial charge is 0.254 e. The zero-order chi connectivity index (χ0) is 15.6. The standard InChI is InChI=1S/C17H16N4O2/c22-17(13-1-5-18-6-2-13)21-10-8-20(9-11-21)16-14-4-12-23-15(14)3-7-19-16/h1-7,12H,8-11H2. The van der Waals surface area contributed by atoms with Crippen LogP contribution in [-0.2, 0) is 0 Å². The molecule has 6 heteroatoms. The molecule has 0 aliphatic carbocycles. The molecule has 116 valence electrons. The number of pyridine rings is 2. The van der Waals surface area contributed by atoms with Crippen molar-refractivity contribution in [2.45, 2.75) is 0 Å². The van der Waals surface area contributed by atoms with Gasteiger partial charge < -0.3 is 14.2 Å². The minimum absolute atomic E-state index is 0.0570. The first kappa shape index (κ1) is 13.8.